The number of nitrogens with two attached hydrogens (primary N) is 1. The molecule has 0 heterocycles. The maximum atomic E-state index is 13.6. The number of nitriles is 1. The molecule has 0 saturated heterocycles. The van der Waals surface area contributed by atoms with Crippen LogP contribution in [-0.2, 0) is 4.74 Å². The third-order valence-corrected chi connectivity index (χ3v) is 2.28. The number of hydrogen-bond donors (Lipinski definition) is 3. The van der Waals surface area contributed by atoms with E-state index < -0.39 is 35.4 Å². The number of nitrogens with zero attached hydrogens (tertiary/aromatic N) is 1. The molecule has 9 heteroatoms. The molecule has 0 aromatic heterocycles. The average molecular weight is 284 g/mol. The maximum absolute atomic E-state index is 13.6. The third kappa shape index (κ3) is 3.63. The molecule has 0 aliphatic carbocycles. The molecule has 20 heavy (non-hydrogen) atoms. The van der Waals surface area contributed by atoms with Crippen LogP contribution in [0.3, 0.4) is 0 Å². The van der Waals surface area contributed by atoms with E-state index in [2.05, 4.69) is 4.74 Å². The van der Waals surface area contributed by atoms with Gasteiger partial charge in [0, 0.05) is 5.56 Å². The predicted octanol–water partition coefficient (Wildman–Crippen LogP) is 1.21. The zero-order valence-electron chi connectivity index (χ0n) is 10.2. The number of hydrogen-bond acceptors (Lipinski definition) is 5. The van der Waals surface area contributed by atoms with E-state index in [9.17, 15) is 18.4 Å². The number of urea groups is 1. The number of amides is 3. The zero-order chi connectivity index (χ0) is 15.3. The summed E-state index contributed by atoms with van der Waals surface area (Å²) in [6.45, 7) is 1.27. The quantitative estimate of drug-likeness (QED) is 0.428. The average Bonchev–Trinajstić information content (AvgIpc) is 2.40. The lowest BCUT2D eigenvalue weighted by atomic mass is 10.1. The van der Waals surface area contributed by atoms with Crippen LogP contribution in [0.15, 0.2) is 12.1 Å². The number of benzene rings is 1. The van der Waals surface area contributed by atoms with Crippen molar-refractivity contribution in [3.63, 3.8) is 0 Å². The van der Waals surface area contributed by atoms with E-state index in [1.54, 1.807) is 10.7 Å². The van der Waals surface area contributed by atoms with Gasteiger partial charge >= 0.3 is 12.1 Å². The van der Waals surface area contributed by atoms with Crippen molar-refractivity contribution in [2.75, 3.05) is 0 Å². The minimum absolute atomic E-state index is 0.273. The van der Waals surface area contributed by atoms with E-state index >= 15 is 0 Å². The van der Waals surface area contributed by atoms with Crippen molar-refractivity contribution in [3.8, 4) is 6.07 Å². The summed E-state index contributed by atoms with van der Waals surface area (Å²) in [5.74, 6) is 2.87. The Morgan fingerprint density at radius 1 is 1.40 bits per heavy atom. The fourth-order valence-electron chi connectivity index (χ4n) is 1.34. The normalized spacial score (nSPS) is 11.2. The van der Waals surface area contributed by atoms with Crippen molar-refractivity contribution in [2.24, 2.45) is 5.84 Å². The number of nitrogens with one attached hydrogen (secondary N) is 2. The molecule has 0 bridgehead atoms. The Morgan fingerprint density at radius 3 is 2.60 bits per heavy atom. The summed E-state index contributed by atoms with van der Waals surface area (Å²) in [6.07, 6.45) is -2.37. The summed E-state index contributed by atoms with van der Waals surface area (Å²) in [6, 6.07) is 1.89. The molecule has 4 N–H and O–H groups in total. The third-order valence-electron chi connectivity index (χ3n) is 2.28. The van der Waals surface area contributed by atoms with Gasteiger partial charge in [-0.25, -0.2) is 29.5 Å². The van der Waals surface area contributed by atoms with Crippen molar-refractivity contribution in [1.82, 2.24) is 10.7 Å². The highest BCUT2D eigenvalue weighted by Crippen LogP contribution is 2.23. The molecular weight excluding hydrogens is 274 g/mol. The van der Waals surface area contributed by atoms with Gasteiger partial charge in [-0.1, -0.05) is 0 Å². The number of rotatable bonds is 2. The van der Waals surface area contributed by atoms with Gasteiger partial charge in [0.2, 0.25) is 0 Å². The van der Waals surface area contributed by atoms with Crippen LogP contribution in [0.1, 0.15) is 24.2 Å². The van der Waals surface area contributed by atoms with Gasteiger partial charge in [-0.2, -0.15) is 5.26 Å². The SMILES string of the molecule is CC(OC(=O)NC(=O)NN)c1cc(F)c(C#N)cc1F. The predicted molar refractivity (Wildman–Crippen MR) is 61.8 cm³/mol. The molecule has 1 atom stereocenters. The maximum Gasteiger partial charge on any atom is 0.415 e. The topological polar surface area (TPSA) is 117 Å². The molecule has 0 fully saturated rings. The second-order valence-electron chi connectivity index (χ2n) is 3.61. The number of hydrazine groups is 1. The van der Waals surface area contributed by atoms with Gasteiger partial charge in [-0.3, -0.25) is 5.43 Å². The van der Waals surface area contributed by atoms with Gasteiger partial charge in [0.05, 0.1) is 5.56 Å². The van der Waals surface area contributed by atoms with Gasteiger partial charge < -0.3 is 4.74 Å². The second-order valence-corrected chi connectivity index (χ2v) is 3.61. The molecule has 1 aromatic rings. The Morgan fingerprint density at radius 2 is 2.05 bits per heavy atom. The summed E-state index contributed by atoms with van der Waals surface area (Å²) in [5, 5.41) is 10.2. The summed E-state index contributed by atoms with van der Waals surface area (Å²) in [7, 11) is 0. The molecule has 0 aliphatic heterocycles. The second kappa shape index (κ2) is 6.44. The number of carbonyl (C=O) groups excluding carboxylic acids is 2. The van der Waals surface area contributed by atoms with Crippen molar-refractivity contribution in [1.29, 1.82) is 5.26 Å². The van der Waals surface area contributed by atoms with Gasteiger partial charge in [0.25, 0.3) is 0 Å². The van der Waals surface area contributed by atoms with Gasteiger partial charge in [-0.05, 0) is 19.1 Å². The van der Waals surface area contributed by atoms with E-state index in [4.69, 9.17) is 11.1 Å². The Labute approximate surface area is 112 Å². The minimum Gasteiger partial charge on any atom is -0.441 e. The van der Waals surface area contributed by atoms with Gasteiger partial charge in [0.15, 0.2) is 0 Å². The molecule has 1 unspecified atom stereocenters. The van der Waals surface area contributed by atoms with E-state index in [0.717, 1.165) is 6.07 Å². The first kappa shape index (κ1) is 15.3. The van der Waals surface area contributed by atoms with E-state index in [-0.39, 0.29) is 5.56 Å². The molecule has 1 rings (SSSR count). The lowest BCUT2D eigenvalue weighted by molar-refractivity contribution is 0.107. The number of imide groups is 1. The molecule has 106 valence electrons. The van der Waals surface area contributed by atoms with E-state index in [0.29, 0.717) is 6.07 Å². The summed E-state index contributed by atoms with van der Waals surface area (Å²) in [5.41, 5.74) is 0.883. The summed E-state index contributed by atoms with van der Waals surface area (Å²) >= 11 is 0. The molecule has 0 saturated carbocycles. The zero-order valence-corrected chi connectivity index (χ0v) is 10.2. The summed E-state index contributed by atoms with van der Waals surface area (Å²) in [4.78, 5) is 21.9. The monoisotopic (exact) mass is 284 g/mol. The molecule has 0 aliphatic rings. The molecule has 3 amide bonds. The van der Waals surface area contributed by atoms with Crippen molar-refractivity contribution in [3.05, 3.63) is 34.9 Å². The lowest BCUT2D eigenvalue weighted by Crippen LogP contribution is -2.43. The highest BCUT2D eigenvalue weighted by molar-refractivity contribution is 5.90. The number of halogens is 2. The Bertz CT molecular complexity index is 586. The van der Waals surface area contributed by atoms with Gasteiger partial charge in [0.1, 0.15) is 23.8 Å². The lowest BCUT2D eigenvalue weighted by Gasteiger charge is -2.14. The first-order valence-electron chi connectivity index (χ1n) is 5.26. The van der Waals surface area contributed by atoms with Crippen LogP contribution in [0.4, 0.5) is 18.4 Å². The van der Waals surface area contributed by atoms with Crippen LogP contribution in [0.5, 0.6) is 0 Å². The fourth-order valence-corrected chi connectivity index (χ4v) is 1.34. The highest BCUT2D eigenvalue weighted by Gasteiger charge is 2.19. The van der Waals surface area contributed by atoms with Crippen LogP contribution < -0.4 is 16.6 Å². The van der Waals surface area contributed by atoms with Gasteiger partial charge in [-0.15, -0.1) is 0 Å². The van der Waals surface area contributed by atoms with Crippen LogP contribution in [0.25, 0.3) is 0 Å². The van der Waals surface area contributed by atoms with Crippen LogP contribution in [0.2, 0.25) is 0 Å². The molecule has 1 aromatic carbocycles. The van der Waals surface area contributed by atoms with Crippen molar-refractivity contribution >= 4 is 12.1 Å². The summed E-state index contributed by atoms with van der Waals surface area (Å²) < 4.78 is 31.6. The Hall–Kier alpha value is -2.73. The molecule has 0 radical (unpaired) electrons. The van der Waals surface area contributed by atoms with Crippen LogP contribution in [0, 0.1) is 23.0 Å². The standard InChI is InChI=1S/C11H10F2N4O3/c1-5(20-11(19)16-10(18)17-15)7-3-8(12)6(4-14)2-9(7)13/h2-3,5H,15H2,1H3,(H2,16,17,18,19). The van der Waals surface area contributed by atoms with Crippen LogP contribution in [-0.4, -0.2) is 12.1 Å². The van der Waals surface area contributed by atoms with Crippen molar-refractivity contribution in [2.45, 2.75) is 13.0 Å². The first-order chi connectivity index (χ1) is 9.38. The Balaban J connectivity index is 2.86. The number of alkyl carbamates (subject to hydrolysis) is 1. The van der Waals surface area contributed by atoms with Crippen molar-refractivity contribution < 1.29 is 23.1 Å². The number of ether oxygens (including phenoxy) is 1. The molecular formula is C11H10F2N4O3. The van der Waals surface area contributed by atoms with E-state index in [1.165, 1.54) is 13.0 Å². The van der Waals surface area contributed by atoms with Crippen LogP contribution >= 0.6 is 0 Å². The Kier molecular flexibility index (Phi) is 4.94. The smallest absolute Gasteiger partial charge is 0.415 e. The highest BCUT2D eigenvalue weighted by atomic mass is 19.1. The number of carbonyl (C=O) groups is 2. The van der Waals surface area contributed by atoms with E-state index in [1.807, 2.05) is 0 Å². The molecule has 7 nitrogen and oxygen atoms in total. The first-order valence-corrected chi connectivity index (χ1v) is 5.26. The molecule has 0 spiro atoms. The largest absolute Gasteiger partial charge is 0.441 e. The minimum atomic E-state index is -1.19. The fraction of sp³-hybridized carbons (Fsp3) is 0.182.